The number of pyridine rings is 1. The summed E-state index contributed by atoms with van der Waals surface area (Å²) in [7, 11) is 3.40. The van der Waals surface area contributed by atoms with Gasteiger partial charge in [0.05, 0.1) is 5.56 Å². The van der Waals surface area contributed by atoms with Crippen LogP contribution >= 0.6 is 11.6 Å². The number of hydrogen-bond donors (Lipinski definition) is 0. The summed E-state index contributed by atoms with van der Waals surface area (Å²) in [5.41, 5.74) is 0.546. The first-order valence-corrected chi connectivity index (χ1v) is 5.39. The van der Waals surface area contributed by atoms with Crippen LogP contribution in [0.25, 0.3) is 0 Å². The smallest absolute Gasteiger partial charge is 0.255 e. The van der Waals surface area contributed by atoms with Crippen molar-refractivity contribution >= 4 is 17.5 Å². The van der Waals surface area contributed by atoms with Crippen LogP contribution < -0.4 is 0 Å². The van der Waals surface area contributed by atoms with Gasteiger partial charge in [0.25, 0.3) is 5.91 Å². The Morgan fingerprint density at radius 2 is 2.31 bits per heavy atom. The van der Waals surface area contributed by atoms with Crippen LogP contribution in [-0.2, 0) is 4.74 Å². The van der Waals surface area contributed by atoms with Crippen molar-refractivity contribution in [3.8, 4) is 0 Å². The van der Waals surface area contributed by atoms with Crippen molar-refractivity contribution in [3.63, 3.8) is 0 Å². The monoisotopic (exact) mass is 242 g/mol. The molecule has 1 rings (SSSR count). The van der Waals surface area contributed by atoms with Crippen molar-refractivity contribution in [3.05, 3.63) is 29.0 Å². The number of nitrogens with zero attached hydrogens (tertiary/aromatic N) is 2. The molecule has 0 fully saturated rings. The third-order valence-corrected chi connectivity index (χ3v) is 2.39. The highest BCUT2D eigenvalue weighted by Gasteiger charge is 2.11. The molecule has 0 atom stereocenters. The lowest BCUT2D eigenvalue weighted by molar-refractivity contribution is 0.0779. The SMILES string of the molecule is COCCCN(C)C(=O)c1ccc(Cl)nc1. The molecule has 4 nitrogen and oxygen atoms in total. The third kappa shape index (κ3) is 3.79. The highest BCUT2D eigenvalue weighted by Crippen LogP contribution is 2.07. The molecule has 0 aliphatic heterocycles. The van der Waals surface area contributed by atoms with E-state index in [-0.39, 0.29) is 5.91 Å². The fourth-order valence-electron chi connectivity index (χ4n) is 1.27. The minimum atomic E-state index is -0.0553. The molecule has 0 aromatic carbocycles. The molecule has 1 aromatic heterocycles. The van der Waals surface area contributed by atoms with Gasteiger partial charge in [0.15, 0.2) is 0 Å². The number of carbonyl (C=O) groups excluding carboxylic acids is 1. The topological polar surface area (TPSA) is 42.4 Å². The molecule has 88 valence electrons. The maximum Gasteiger partial charge on any atom is 0.255 e. The van der Waals surface area contributed by atoms with Crippen LogP contribution in [0.4, 0.5) is 0 Å². The summed E-state index contributed by atoms with van der Waals surface area (Å²) in [4.78, 5) is 17.4. The minimum Gasteiger partial charge on any atom is -0.385 e. The van der Waals surface area contributed by atoms with E-state index in [1.54, 1.807) is 31.2 Å². The second kappa shape index (κ2) is 6.45. The summed E-state index contributed by atoms with van der Waals surface area (Å²) in [6.45, 7) is 1.31. The lowest BCUT2D eigenvalue weighted by atomic mass is 10.2. The molecule has 1 amide bonds. The number of methoxy groups -OCH3 is 1. The van der Waals surface area contributed by atoms with Gasteiger partial charge in [0, 0.05) is 33.5 Å². The molecule has 16 heavy (non-hydrogen) atoms. The van der Waals surface area contributed by atoms with E-state index in [2.05, 4.69) is 4.98 Å². The zero-order valence-corrected chi connectivity index (χ0v) is 10.2. The number of carbonyl (C=O) groups is 1. The zero-order valence-electron chi connectivity index (χ0n) is 9.44. The van der Waals surface area contributed by atoms with Crippen molar-refractivity contribution in [1.82, 2.24) is 9.88 Å². The molecule has 0 aliphatic rings. The molecule has 0 aliphatic carbocycles. The highest BCUT2D eigenvalue weighted by atomic mass is 35.5. The largest absolute Gasteiger partial charge is 0.385 e. The van der Waals surface area contributed by atoms with Crippen LogP contribution in [0.15, 0.2) is 18.3 Å². The van der Waals surface area contributed by atoms with Gasteiger partial charge in [-0.1, -0.05) is 11.6 Å². The first kappa shape index (κ1) is 12.9. The van der Waals surface area contributed by atoms with Gasteiger partial charge in [-0.05, 0) is 18.6 Å². The average Bonchev–Trinajstić information content (AvgIpc) is 2.29. The van der Waals surface area contributed by atoms with Crippen LogP contribution in [0, 0.1) is 0 Å². The van der Waals surface area contributed by atoms with Gasteiger partial charge in [-0.15, -0.1) is 0 Å². The van der Waals surface area contributed by atoms with E-state index in [1.807, 2.05) is 0 Å². The van der Waals surface area contributed by atoms with Crippen LogP contribution in [0.5, 0.6) is 0 Å². The number of halogens is 1. The Hall–Kier alpha value is -1.13. The Balaban J connectivity index is 2.53. The molecule has 5 heteroatoms. The number of ether oxygens (including phenoxy) is 1. The Morgan fingerprint density at radius 3 is 2.88 bits per heavy atom. The molecule has 0 saturated heterocycles. The fourth-order valence-corrected chi connectivity index (χ4v) is 1.38. The normalized spacial score (nSPS) is 10.2. The quantitative estimate of drug-likeness (QED) is 0.585. The highest BCUT2D eigenvalue weighted by molar-refractivity contribution is 6.29. The Labute approximate surface area is 100 Å². The first-order chi connectivity index (χ1) is 7.65. The second-order valence-electron chi connectivity index (χ2n) is 3.44. The van der Waals surface area contributed by atoms with E-state index in [9.17, 15) is 4.79 Å². The average molecular weight is 243 g/mol. The number of amides is 1. The van der Waals surface area contributed by atoms with Crippen molar-refractivity contribution in [2.24, 2.45) is 0 Å². The van der Waals surface area contributed by atoms with Gasteiger partial charge in [-0.3, -0.25) is 4.79 Å². The first-order valence-electron chi connectivity index (χ1n) is 5.01. The molecule has 0 saturated carbocycles. The van der Waals surface area contributed by atoms with Crippen LogP contribution in [0.3, 0.4) is 0 Å². The number of aromatic nitrogens is 1. The Kier molecular flexibility index (Phi) is 5.22. The van der Waals surface area contributed by atoms with E-state index in [0.29, 0.717) is 23.9 Å². The van der Waals surface area contributed by atoms with Crippen molar-refractivity contribution in [1.29, 1.82) is 0 Å². The van der Waals surface area contributed by atoms with E-state index in [1.165, 1.54) is 6.20 Å². The predicted octanol–water partition coefficient (Wildman–Crippen LogP) is 1.84. The lowest BCUT2D eigenvalue weighted by Crippen LogP contribution is -2.28. The lowest BCUT2D eigenvalue weighted by Gasteiger charge is -2.16. The summed E-state index contributed by atoms with van der Waals surface area (Å²) in [5.74, 6) is -0.0553. The molecule has 0 N–H and O–H groups in total. The minimum absolute atomic E-state index is 0.0553. The van der Waals surface area contributed by atoms with Gasteiger partial charge in [-0.25, -0.2) is 4.98 Å². The van der Waals surface area contributed by atoms with E-state index in [0.717, 1.165) is 6.42 Å². The Bertz CT molecular complexity index is 340. The number of rotatable bonds is 5. The Morgan fingerprint density at radius 1 is 1.56 bits per heavy atom. The van der Waals surface area contributed by atoms with Crippen LogP contribution in [0.1, 0.15) is 16.8 Å². The summed E-state index contributed by atoms with van der Waals surface area (Å²) >= 11 is 5.65. The van der Waals surface area contributed by atoms with Crippen LogP contribution in [0.2, 0.25) is 5.15 Å². The molecular formula is C11H15ClN2O2. The molecule has 1 aromatic rings. The molecule has 0 spiro atoms. The third-order valence-electron chi connectivity index (χ3n) is 2.16. The maximum absolute atomic E-state index is 11.9. The van der Waals surface area contributed by atoms with E-state index >= 15 is 0 Å². The van der Waals surface area contributed by atoms with Crippen molar-refractivity contribution in [2.75, 3.05) is 27.3 Å². The van der Waals surface area contributed by atoms with E-state index < -0.39 is 0 Å². The molecular weight excluding hydrogens is 228 g/mol. The van der Waals surface area contributed by atoms with Gasteiger partial charge in [0.1, 0.15) is 5.15 Å². The standard InChI is InChI=1S/C11H15ClN2O2/c1-14(6-3-7-16-2)11(15)9-4-5-10(12)13-8-9/h4-5,8H,3,6-7H2,1-2H3. The maximum atomic E-state index is 11.9. The van der Waals surface area contributed by atoms with Gasteiger partial charge < -0.3 is 9.64 Å². The molecule has 0 bridgehead atoms. The summed E-state index contributed by atoms with van der Waals surface area (Å²) in [6, 6.07) is 3.28. The van der Waals surface area contributed by atoms with Gasteiger partial charge in [0.2, 0.25) is 0 Å². The predicted molar refractivity (Wildman–Crippen MR) is 62.7 cm³/mol. The fraction of sp³-hybridized carbons (Fsp3) is 0.455. The van der Waals surface area contributed by atoms with Gasteiger partial charge in [-0.2, -0.15) is 0 Å². The van der Waals surface area contributed by atoms with E-state index in [4.69, 9.17) is 16.3 Å². The summed E-state index contributed by atoms with van der Waals surface area (Å²) < 4.78 is 4.93. The van der Waals surface area contributed by atoms with Gasteiger partial charge >= 0.3 is 0 Å². The van der Waals surface area contributed by atoms with Crippen molar-refractivity contribution < 1.29 is 9.53 Å². The molecule has 0 unspecified atom stereocenters. The number of hydrogen-bond acceptors (Lipinski definition) is 3. The van der Waals surface area contributed by atoms with Crippen molar-refractivity contribution in [2.45, 2.75) is 6.42 Å². The zero-order chi connectivity index (χ0) is 12.0. The van der Waals surface area contributed by atoms with Crippen LogP contribution in [-0.4, -0.2) is 43.1 Å². The second-order valence-corrected chi connectivity index (χ2v) is 3.83. The molecule has 1 heterocycles. The molecule has 0 radical (unpaired) electrons. The summed E-state index contributed by atoms with van der Waals surface area (Å²) in [5, 5.41) is 0.388. The summed E-state index contributed by atoms with van der Waals surface area (Å²) in [6.07, 6.45) is 2.30.